The summed E-state index contributed by atoms with van der Waals surface area (Å²) < 4.78 is 18.7. The van der Waals surface area contributed by atoms with Crippen molar-refractivity contribution in [2.24, 2.45) is 11.7 Å². The van der Waals surface area contributed by atoms with E-state index >= 15 is 0 Å². The van der Waals surface area contributed by atoms with E-state index in [0.29, 0.717) is 5.92 Å². The Morgan fingerprint density at radius 3 is 3.00 bits per heavy atom. The molecule has 0 aliphatic carbocycles. The summed E-state index contributed by atoms with van der Waals surface area (Å²) >= 11 is 0. The van der Waals surface area contributed by atoms with Crippen LogP contribution in [0.5, 0.6) is 5.75 Å². The Kier molecular flexibility index (Phi) is 5.56. The van der Waals surface area contributed by atoms with Gasteiger partial charge in [0.1, 0.15) is 0 Å². The first kappa shape index (κ1) is 15.8. The predicted molar refractivity (Wildman–Crippen MR) is 79.5 cm³/mol. The summed E-state index contributed by atoms with van der Waals surface area (Å²) in [7, 11) is 0. The summed E-state index contributed by atoms with van der Waals surface area (Å²) in [5.41, 5.74) is 5.92. The van der Waals surface area contributed by atoms with E-state index in [1.54, 1.807) is 18.2 Å². The molecule has 1 aliphatic heterocycles. The standard InChI is InChI=1S/C16H23FN2O2/c1-12(18)13-5-4-9-19(11-13)16(20)8-10-21-15-7-3-2-6-14(15)17/h2-3,6-7,12-13H,4-5,8-11,18H2,1H3/t12-,13+/m0/s1. The van der Waals surface area contributed by atoms with Crippen molar-refractivity contribution < 1.29 is 13.9 Å². The molecule has 1 aliphatic rings. The lowest BCUT2D eigenvalue weighted by atomic mass is 9.92. The van der Waals surface area contributed by atoms with Crippen LogP contribution in [0.25, 0.3) is 0 Å². The Bertz CT molecular complexity index is 479. The minimum Gasteiger partial charge on any atom is -0.490 e. The average Bonchev–Trinajstić information content (AvgIpc) is 2.49. The van der Waals surface area contributed by atoms with Gasteiger partial charge in [0.25, 0.3) is 0 Å². The van der Waals surface area contributed by atoms with Crippen molar-refractivity contribution in [3.63, 3.8) is 0 Å². The maximum atomic E-state index is 13.4. The predicted octanol–water partition coefficient (Wildman–Crippen LogP) is 2.18. The van der Waals surface area contributed by atoms with Gasteiger partial charge >= 0.3 is 0 Å². The Morgan fingerprint density at radius 2 is 2.29 bits per heavy atom. The van der Waals surface area contributed by atoms with Crippen molar-refractivity contribution in [3.8, 4) is 5.75 Å². The molecule has 0 radical (unpaired) electrons. The lowest BCUT2D eigenvalue weighted by Gasteiger charge is -2.34. The van der Waals surface area contributed by atoms with Gasteiger partial charge in [-0.2, -0.15) is 0 Å². The zero-order valence-corrected chi connectivity index (χ0v) is 12.4. The fourth-order valence-electron chi connectivity index (χ4n) is 2.63. The molecule has 2 atom stereocenters. The van der Waals surface area contributed by atoms with Crippen LogP contribution in [0, 0.1) is 11.7 Å². The normalized spacial score (nSPS) is 20.1. The van der Waals surface area contributed by atoms with E-state index in [1.807, 2.05) is 11.8 Å². The van der Waals surface area contributed by atoms with Crippen LogP contribution in [0.4, 0.5) is 4.39 Å². The van der Waals surface area contributed by atoms with Crippen LogP contribution >= 0.6 is 0 Å². The number of likely N-dealkylation sites (tertiary alicyclic amines) is 1. The van der Waals surface area contributed by atoms with Gasteiger partial charge in [-0.25, -0.2) is 4.39 Å². The van der Waals surface area contributed by atoms with Crippen LogP contribution in [0.3, 0.4) is 0 Å². The van der Waals surface area contributed by atoms with Gasteiger partial charge in [0, 0.05) is 19.1 Å². The highest BCUT2D eigenvalue weighted by atomic mass is 19.1. The summed E-state index contributed by atoms with van der Waals surface area (Å²) in [6.07, 6.45) is 2.33. The molecule has 1 saturated heterocycles. The van der Waals surface area contributed by atoms with Crippen LogP contribution in [-0.4, -0.2) is 36.5 Å². The van der Waals surface area contributed by atoms with Gasteiger partial charge in [-0.15, -0.1) is 0 Å². The molecular weight excluding hydrogens is 271 g/mol. The summed E-state index contributed by atoms with van der Waals surface area (Å²) in [6, 6.07) is 6.32. The van der Waals surface area contributed by atoms with Gasteiger partial charge in [0.2, 0.25) is 5.91 Å². The second-order valence-electron chi connectivity index (χ2n) is 5.63. The fourth-order valence-corrected chi connectivity index (χ4v) is 2.63. The number of carbonyl (C=O) groups excluding carboxylic acids is 1. The number of benzene rings is 1. The molecular formula is C16H23FN2O2. The summed E-state index contributed by atoms with van der Waals surface area (Å²) in [5.74, 6) is 0.212. The monoisotopic (exact) mass is 294 g/mol. The molecule has 5 heteroatoms. The van der Waals surface area contributed by atoms with Crippen molar-refractivity contribution in [1.29, 1.82) is 0 Å². The van der Waals surface area contributed by atoms with E-state index in [2.05, 4.69) is 0 Å². The first-order chi connectivity index (χ1) is 10.1. The Hall–Kier alpha value is -1.62. The highest BCUT2D eigenvalue weighted by molar-refractivity contribution is 5.76. The number of ether oxygens (including phenoxy) is 1. The van der Waals surface area contributed by atoms with Crippen LogP contribution < -0.4 is 10.5 Å². The van der Waals surface area contributed by atoms with E-state index in [0.717, 1.165) is 25.9 Å². The average molecular weight is 294 g/mol. The van der Waals surface area contributed by atoms with E-state index in [4.69, 9.17) is 10.5 Å². The van der Waals surface area contributed by atoms with Gasteiger partial charge in [0.05, 0.1) is 13.0 Å². The number of para-hydroxylation sites is 1. The molecule has 0 spiro atoms. The van der Waals surface area contributed by atoms with E-state index in [9.17, 15) is 9.18 Å². The zero-order chi connectivity index (χ0) is 15.2. The summed E-state index contributed by atoms with van der Waals surface area (Å²) in [6.45, 7) is 3.68. The van der Waals surface area contributed by atoms with Gasteiger partial charge in [-0.3, -0.25) is 4.79 Å². The topological polar surface area (TPSA) is 55.6 Å². The Labute approximate surface area is 125 Å². The lowest BCUT2D eigenvalue weighted by Crippen LogP contribution is -2.45. The van der Waals surface area contributed by atoms with Crippen LogP contribution in [0.2, 0.25) is 0 Å². The Morgan fingerprint density at radius 1 is 1.52 bits per heavy atom. The molecule has 0 saturated carbocycles. The van der Waals surface area contributed by atoms with E-state index < -0.39 is 5.82 Å². The number of halogens is 1. The van der Waals surface area contributed by atoms with Crippen molar-refractivity contribution >= 4 is 5.91 Å². The smallest absolute Gasteiger partial charge is 0.226 e. The van der Waals surface area contributed by atoms with Gasteiger partial charge in [-0.05, 0) is 37.8 Å². The van der Waals surface area contributed by atoms with E-state index in [1.165, 1.54) is 6.07 Å². The molecule has 1 amide bonds. The zero-order valence-electron chi connectivity index (χ0n) is 12.4. The molecule has 0 aromatic heterocycles. The summed E-state index contributed by atoms with van der Waals surface area (Å²) in [5, 5.41) is 0. The summed E-state index contributed by atoms with van der Waals surface area (Å²) in [4.78, 5) is 14.0. The number of nitrogens with zero attached hydrogens (tertiary/aromatic N) is 1. The minimum absolute atomic E-state index is 0.0525. The highest BCUT2D eigenvalue weighted by Crippen LogP contribution is 2.20. The molecule has 21 heavy (non-hydrogen) atoms. The van der Waals surface area contributed by atoms with Gasteiger partial charge < -0.3 is 15.4 Å². The third kappa shape index (κ3) is 4.43. The second-order valence-corrected chi connectivity index (χ2v) is 5.63. The fraction of sp³-hybridized carbons (Fsp3) is 0.562. The number of piperidine rings is 1. The number of amides is 1. The largest absolute Gasteiger partial charge is 0.490 e. The van der Waals surface area contributed by atoms with Crippen molar-refractivity contribution in [3.05, 3.63) is 30.1 Å². The number of rotatable bonds is 5. The second kappa shape index (κ2) is 7.41. The molecule has 0 bridgehead atoms. The molecule has 2 N–H and O–H groups in total. The van der Waals surface area contributed by atoms with Crippen molar-refractivity contribution in [2.45, 2.75) is 32.2 Å². The van der Waals surface area contributed by atoms with Crippen molar-refractivity contribution in [2.75, 3.05) is 19.7 Å². The molecule has 1 fully saturated rings. The number of hydrogen-bond donors (Lipinski definition) is 1. The number of hydrogen-bond acceptors (Lipinski definition) is 3. The first-order valence-electron chi connectivity index (χ1n) is 7.48. The molecule has 0 unspecified atom stereocenters. The Balaban J connectivity index is 1.78. The molecule has 1 heterocycles. The van der Waals surface area contributed by atoms with Crippen LogP contribution in [0.15, 0.2) is 24.3 Å². The maximum absolute atomic E-state index is 13.4. The maximum Gasteiger partial charge on any atom is 0.226 e. The van der Waals surface area contributed by atoms with Gasteiger partial charge in [0.15, 0.2) is 11.6 Å². The van der Waals surface area contributed by atoms with Gasteiger partial charge in [-0.1, -0.05) is 12.1 Å². The minimum atomic E-state index is -0.403. The molecule has 1 aromatic carbocycles. The number of carbonyl (C=O) groups is 1. The third-order valence-corrected chi connectivity index (χ3v) is 3.96. The molecule has 2 rings (SSSR count). The van der Waals surface area contributed by atoms with Crippen LogP contribution in [-0.2, 0) is 4.79 Å². The third-order valence-electron chi connectivity index (χ3n) is 3.96. The van der Waals surface area contributed by atoms with Crippen LogP contribution in [0.1, 0.15) is 26.2 Å². The quantitative estimate of drug-likeness (QED) is 0.905. The van der Waals surface area contributed by atoms with E-state index in [-0.39, 0.29) is 30.7 Å². The van der Waals surface area contributed by atoms with Crippen molar-refractivity contribution in [1.82, 2.24) is 4.90 Å². The lowest BCUT2D eigenvalue weighted by molar-refractivity contribution is -0.133. The molecule has 4 nitrogen and oxygen atoms in total. The SMILES string of the molecule is C[C@H](N)[C@@H]1CCCN(C(=O)CCOc2ccccc2F)C1. The highest BCUT2D eigenvalue weighted by Gasteiger charge is 2.25. The molecule has 116 valence electrons. The first-order valence-corrected chi connectivity index (χ1v) is 7.48. The molecule has 1 aromatic rings. The number of nitrogens with two attached hydrogens (primary N) is 1.